The third-order valence-corrected chi connectivity index (χ3v) is 3.53. The van der Waals surface area contributed by atoms with E-state index in [0.717, 1.165) is 5.56 Å². The van der Waals surface area contributed by atoms with Crippen molar-refractivity contribution in [1.82, 2.24) is 0 Å². The van der Waals surface area contributed by atoms with Crippen LogP contribution in [0.5, 0.6) is 11.5 Å². The Labute approximate surface area is 105 Å². The predicted molar refractivity (Wildman–Crippen MR) is 63.9 cm³/mol. The number of ether oxygens (including phenoxy) is 2. The van der Waals surface area contributed by atoms with E-state index in [-0.39, 0.29) is 11.3 Å². The molecule has 2 atom stereocenters. The molecule has 0 bridgehead atoms. The standard InChI is InChI=1S/C13H16O5/c1-6-9(17-4)5-8(14)11-10(6)7(2)13(3,16)18-12(11)15/h5,7,14,16H,1-4H3/t7-,13-/m0/s1. The van der Waals surface area contributed by atoms with Gasteiger partial charge in [0.05, 0.1) is 7.11 Å². The zero-order valence-corrected chi connectivity index (χ0v) is 10.8. The zero-order chi connectivity index (χ0) is 13.7. The average Bonchev–Trinajstić information content (AvgIpc) is 2.27. The summed E-state index contributed by atoms with van der Waals surface area (Å²) in [6.07, 6.45) is 0. The third-order valence-electron chi connectivity index (χ3n) is 3.53. The fourth-order valence-electron chi connectivity index (χ4n) is 2.33. The molecular weight excluding hydrogens is 236 g/mol. The van der Waals surface area contributed by atoms with Crippen molar-refractivity contribution in [3.05, 3.63) is 22.8 Å². The van der Waals surface area contributed by atoms with E-state index in [9.17, 15) is 15.0 Å². The highest BCUT2D eigenvalue weighted by atomic mass is 16.7. The van der Waals surface area contributed by atoms with Crippen LogP contribution >= 0.6 is 0 Å². The lowest BCUT2D eigenvalue weighted by Gasteiger charge is -2.36. The molecule has 2 rings (SSSR count). The molecule has 98 valence electrons. The molecule has 18 heavy (non-hydrogen) atoms. The normalized spacial score (nSPS) is 26.5. The van der Waals surface area contributed by atoms with Crippen LogP contribution in [0.4, 0.5) is 0 Å². The van der Waals surface area contributed by atoms with Crippen LogP contribution in [0.1, 0.15) is 41.3 Å². The van der Waals surface area contributed by atoms with Gasteiger partial charge in [0, 0.05) is 18.9 Å². The van der Waals surface area contributed by atoms with Gasteiger partial charge in [-0.2, -0.15) is 0 Å². The fourth-order valence-corrected chi connectivity index (χ4v) is 2.33. The van der Waals surface area contributed by atoms with E-state index < -0.39 is 17.7 Å². The second-order valence-corrected chi connectivity index (χ2v) is 4.68. The van der Waals surface area contributed by atoms with Crippen molar-refractivity contribution in [3.8, 4) is 11.5 Å². The van der Waals surface area contributed by atoms with Gasteiger partial charge in [-0.1, -0.05) is 6.92 Å². The van der Waals surface area contributed by atoms with Gasteiger partial charge in [-0.05, 0) is 18.1 Å². The number of aromatic hydroxyl groups is 1. The molecule has 0 spiro atoms. The van der Waals surface area contributed by atoms with Crippen LogP contribution in [0.15, 0.2) is 6.07 Å². The molecule has 1 aliphatic heterocycles. The first kappa shape index (κ1) is 12.7. The summed E-state index contributed by atoms with van der Waals surface area (Å²) in [5.41, 5.74) is 1.38. The molecule has 1 heterocycles. The second kappa shape index (κ2) is 3.88. The summed E-state index contributed by atoms with van der Waals surface area (Å²) >= 11 is 0. The van der Waals surface area contributed by atoms with Crippen LogP contribution in [0.3, 0.4) is 0 Å². The maximum Gasteiger partial charge on any atom is 0.344 e. The topological polar surface area (TPSA) is 76.0 Å². The number of aliphatic hydroxyl groups is 1. The van der Waals surface area contributed by atoms with E-state index >= 15 is 0 Å². The largest absolute Gasteiger partial charge is 0.507 e. The first-order chi connectivity index (χ1) is 8.29. The fraction of sp³-hybridized carbons (Fsp3) is 0.462. The minimum Gasteiger partial charge on any atom is -0.507 e. The van der Waals surface area contributed by atoms with Crippen LogP contribution in [-0.4, -0.2) is 29.1 Å². The molecule has 0 amide bonds. The maximum atomic E-state index is 11.8. The maximum absolute atomic E-state index is 11.8. The molecule has 2 N–H and O–H groups in total. The van der Waals surface area contributed by atoms with Gasteiger partial charge >= 0.3 is 5.97 Å². The lowest BCUT2D eigenvalue weighted by molar-refractivity contribution is -0.170. The van der Waals surface area contributed by atoms with Gasteiger partial charge in [-0.25, -0.2) is 4.79 Å². The Morgan fingerprint density at radius 1 is 1.50 bits per heavy atom. The average molecular weight is 252 g/mol. The predicted octanol–water partition coefficient (Wildman–Crippen LogP) is 1.69. The van der Waals surface area contributed by atoms with Gasteiger partial charge in [0.2, 0.25) is 5.79 Å². The number of fused-ring (bicyclic) bond motifs is 1. The van der Waals surface area contributed by atoms with E-state index in [1.54, 1.807) is 13.8 Å². The van der Waals surface area contributed by atoms with E-state index in [1.165, 1.54) is 20.1 Å². The van der Waals surface area contributed by atoms with E-state index in [1.807, 2.05) is 0 Å². The first-order valence-electron chi connectivity index (χ1n) is 5.65. The highest BCUT2D eigenvalue weighted by Gasteiger charge is 2.44. The highest BCUT2D eigenvalue weighted by Crippen LogP contribution is 2.44. The molecular formula is C13H16O5. The molecule has 5 heteroatoms. The van der Waals surface area contributed by atoms with Crippen LogP contribution in [0, 0.1) is 6.92 Å². The first-order valence-corrected chi connectivity index (χ1v) is 5.65. The second-order valence-electron chi connectivity index (χ2n) is 4.68. The molecule has 0 aliphatic carbocycles. The van der Waals surface area contributed by atoms with Crippen LogP contribution in [0.2, 0.25) is 0 Å². The molecule has 0 aromatic heterocycles. The van der Waals surface area contributed by atoms with Gasteiger partial charge < -0.3 is 19.7 Å². The summed E-state index contributed by atoms with van der Waals surface area (Å²) in [5.74, 6) is -2.49. The van der Waals surface area contributed by atoms with Gasteiger partial charge in [0.25, 0.3) is 0 Å². The lowest BCUT2D eigenvalue weighted by Crippen LogP contribution is -2.42. The van der Waals surface area contributed by atoms with Crippen LogP contribution in [-0.2, 0) is 4.74 Å². The van der Waals surface area contributed by atoms with Gasteiger partial charge in [-0.3, -0.25) is 0 Å². The molecule has 5 nitrogen and oxygen atoms in total. The van der Waals surface area contributed by atoms with Crippen molar-refractivity contribution in [2.24, 2.45) is 0 Å². The summed E-state index contributed by atoms with van der Waals surface area (Å²) in [6, 6.07) is 1.38. The Morgan fingerprint density at radius 3 is 2.67 bits per heavy atom. The molecule has 1 aromatic carbocycles. The number of phenolic OH excluding ortho intramolecular Hbond substituents is 1. The number of carbonyl (C=O) groups excluding carboxylic acids is 1. The minimum absolute atomic E-state index is 0.104. The number of phenols is 1. The Hall–Kier alpha value is -1.75. The summed E-state index contributed by atoms with van der Waals surface area (Å²) in [6.45, 7) is 4.94. The Bertz CT molecular complexity index is 519. The number of esters is 1. The molecule has 0 fully saturated rings. The Kier molecular flexibility index (Phi) is 2.74. The quantitative estimate of drug-likeness (QED) is 0.744. The summed E-state index contributed by atoms with van der Waals surface area (Å²) in [7, 11) is 1.48. The van der Waals surface area contributed by atoms with Crippen molar-refractivity contribution < 1.29 is 24.5 Å². The molecule has 0 unspecified atom stereocenters. The van der Waals surface area contributed by atoms with Crippen molar-refractivity contribution in [2.75, 3.05) is 7.11 Å². The molecule has 0 radical (unpaired) electrons. The minimum atomic E-state index is -1.59. The SMILES string of the molecule is COc1cc(O)c2c(c1C)[C@H](C)[C@@](C)(O)OC2=O. The highest BCUT2D eigenvalue weighted by molar-refractivity contribution is 5.96. The van der Waals surface area contributed by atoms with Crippen molar-refractivity contribution in [1.29, 1.82) is 0 Å². The summed E-state index contributed by atoms with van der Waals surface area (Å²) in [4.78, 5) is 11.8. The van der Waals surface area contributed by atoms with Crippen molar-refractivity contribution in [2.45, 2.75) is 32.5 Å². The Morgan fingerprint density at radius 2 is 2.11 bits per heavy atom. The number of cyclic esters (lactones) is 1. The molecule has 0 saturated carbocycles. The zero-order valence-electron chi connectivity index (χ0n) is 10.8. The number of rotatable bonds is 1. The van der Waals surface area contributed by atoms with Crippen molar-refractivity contribution >= 4 is 5.97 Å². The number of hydrogen-bond donors (Lipinski definition) is 2. The van der Waals surface area contributed by atoms with E-state index in [2.05, 4.69) is 0 Å². The third kappa shape index (κ3) is 1.62. The monoisotopic (exact) mass is 252 g/mol. The number of carbonyl (C=O) groups is 1. The van der Waals surface area contributed by atoms with Gasteiger partial charge in [0.15, 0.2) is 0 Å². The van der Waals surface area contributed by atoms with E-state index in [4.69, 9.17) is 9.47 Å². The van der Waals surface area contributed by atoms with Crippen molar-refractivity contribution in [3.63, 3.8) is 0 Å². The molecule has 0 saturated heterocycles. The number of hydrogen-bond acceptors (Lipinski definition) is 5. The van der Waals surface area contributed by atoms with E-state index in [0.29, 0.717) is 11.3 Å². The Balaban J connectivity index is 2.77. The smallest absolute Gasteiger partial charge is 0.344 e. The van der Waals surface area contributed by atoms with Gasteiger partial charge in [0.1, 0.15) is 17.1 Å². The summed E-state index contributed by atoms with van der Waals surface area (Å²) < 4.78 is 10.1. The molecule has 1 aliphatic rings. The molecule has 1 aromatic rings. The van der Waals surface area contributed by atoms with Gasteiger partial charge in [-0.15, -0.1) is 0 Å². The summed E-state index contributed by atoms with van der Waals surface area (Å²) in [5, 5.41) is 20.0. The number of benzene rings is 1. The number of methoxy groups -OCH3 is 1. The lowest BCUT2D eigenvalue weighted by atomic mass is 9.83. The van der Waals surface area contributed by atoms with Crippen LogP contribution < -0.4 is 4.74 Å². The van der Waals surface area contributed by atoms with Crippen LogP contribution in [0.25, 0.3) is 0 Å².